The van der Waals surface area contributed by atoms with Crippen LogP contribution in [-0.2, 0) is 4.79 Å². The Bertz CT molecular complexity index is 903. The van der Waals surface area contributed by atoms with Crippen molar-refractivity contribution in [2.24, 2.45) is 0 Å². The van der Waals surface area contributed by atoms with E-state index in [0.29, 0.717) is 22.7 Å². The molecule has 0 bridgehead atoms. The van der Waals surface area contributed by atoms with Crippen molar-refractivity contribution >= 4 is 23.2 Å². The SMILES string of the molecule is Cc1[nH]ccc1C(=O)Nc1cccc(OCC(=O)Nc2ccccc2)c1. The van der Waals surface area contributed by atoms with Crippen LogP contribution in [0.15, 0.2) is 66.9 Å². The molecule has 2 aromatic carbocycles. The van der Waals surface area contributed by atoms with Gasteiger partial charge in [-0.15, -0.1) is 0 Å². The number of nitrogens with one attached hydrogen (secondary N) is 3. The normalized spacial score (nSPS) is 10.2. The molecule has 0 unspecified atom stereocenters. The number of aryl methyl sites for hydroxylation is 1. The topological polar surface area (TPSA) is 83.2 Å². The van der Waals surface area contributed by atoms with Gasteiger partial charge in [0.25, 0.3) is 11.8 Å². The van der Waals surface area contributed by atoms with Crippen molar-refractivity contribution in [3.8, 4) is 5.75 Å². The predicted octanol–water partition coefficient (Wildman–Crippen LogP) is 3.59. The highest BCUT2D eigenvalue weighted by atomic mass is 16.5. The summed E-state index contributed by atoms with van der Waals surface area (Å²) in [7, 11) is 0. The first-order chi connectivity index (χ1) is 12.6. The van der Waals surface area contributed by atoms with E-state index in [1.54, 1.807) is 48.7 Å². The summed E-state index contributed by atoms with van der Waals surface area (Å²) in [5, 5.41) is 5.56. The van der Waals surface area contributed by atoms with Gasteiger partial charge in [-0.05, 0) is 37.3 Å². The van der Waals surface area contributed by atoms with Crippen LogP contribution in [0.5, 0.6) is 5.75 Å². The van der Waals surface area contributed by atoms with E-state index >= 15 is 0 Å². The third-order valence-electron chi connectivity index (χ3n) is 3.72. The first-order valence-electron chi connectivity index (χ1n) is 8.15. The summed E-state index contributed by atoms with van der Waals surface area (Å²) in [4.78, 5) is 27.1. The van der Waals surface area contributed by atoms with Crippen molar-refractivity contribution in [3.63, 3.8) is 0 Å². The van der Waals surface area contributed by atoms with Crippen LogP contribution in [0.1, 0.15) is 16.1 Å². The summed E-state index contributed by atoms with van der Waals surface area (Å²) in [6, 6.07) is 17.8. The molecule has 0 radical (unpaired) electrons. The highest BCUT2D eigenvalue weighted by molar-refractivity contribution is 6.05. The standard InChI is InChI=1S/C20H19N3O3/c1-14-18(10-11-21-14)20(25)23-16-8-5-9-17(12-16)26-13-19(24)22-15-6-3-2-4-7-15/h2-12,21H,13H2,1H3,(H,22,24)(H,23,25). The summed E-state index contributed by atoms with van der Waals surface area (Å²) in [6.45, 7) is 1.71. The lowest BCUT2D eigenvalue weighted by Crippen LogP contribution is -2.20. The van der Waals surface area contributed by atoms with E-state index in [1.807, 2.05) is 25.1 Å². The van der Waals surface area contributed by atoms with Crippen LogP contribution < -0.4 is 15.4 Å². The highest BCUT2D eigenvalue weighted by Gasteiger charge is 2.10. The third-order valence-corrected chi connectivity index (χ3v) is 3.72. The van der Waals surface area contributed by atoms with E-state index < -0.39 is 0 Å². The number of para-hydroxylation sites is 1. The Kier molecular flexibility index (Phi) is 5.34. The molecule has 2 amide bonds. The van der Waals surface area contributed by atoms with E-state index in [-0.39, 0.29) is 18.4 Å². The summed E-state index contributed by atoms with van der Waals surface area (Å²) in [6.07, 6.45) is 1.72. The van der Waals surface area contributed by atoms with Crippen LogP contribution in [0, 0.1) is 6.92 Å². The second-order valence-corrected chi connectivity index (χ2v) is 5.70. The number of benzene rings is 2. The molecule has 6 nitrogen and oxygen atoms in total. The third kappa shape index (κ3) is 4.51. The monoisotopic (exact) mass is 349 g/mol. The van der Waals surface area contributed by atoms with E-state index in [4.69, 9.17) is 4.74 Å². The fraction of sp³-hybridized carbons (Fsp3) is 0.100. The molecule has 3 N–H and O–H groups in total. The Morgan fingerprint density at radius 2 is 1.73 bits per heavy atom. The molecule has 6 heteroatoms. The predicted molar refractivity (Wildman–Crippen MR) is 100 cm³/mol. The van der Waals surface area contributed by atoms with Crippen LogP contribution in [0.3, 0.4) is 0 Å². The second kappa shape index (κ2) is 8.02. The van der Waals surface area contributed by atoms with Gasteiger partial charge in [0.1, 0.15) is 5.75 Å². The molecule has 26 heavy (non-hydrogen) atoms. The molecular weight excluding hydrogens is 330 g/mol. The maximum atomic E-state index is 12.2. The molecule has 3 rings (SSSR count). The quantitative estimate of drug-likeness (QED) is 0.636. The number of hydrogen-bond donors (Lipinski definition) is 3. The van der Waals surface area contributed by atoms with Gasteiger partial charge in [0.2, 0.25) is 0 Å². The van der Waals surface area contributed by atoms with Crippen LogP contribution in [0.25, 0.3) is 0 Å². The average Bonchev–Trinajstić information content (AvgIpc) is 3.07. The van der Waals surface area contributed by atoms with E-state index in [1.165, 1.54) is 0 Å². The summed E-state index contributed by atoms with van der Waals surface area (Å²) < 4.78 is 5.51. The largest absolute Gasteiger partial charge is 0.484 e. The number of carbonyl (C=O) groups excluding carboxylic acids is 2. The average molecular weight is 349 g/mol. The van der Waals surface area contributed by atoms with Crippen molar-refractivity contribution in [3.05, 3.63) is 78.1 Å². The number of H-pyrrole nitrogens is 1. The molecule has 0 fully saturated rings. The van der Waals surface area contributed by atoms with Crippen LogP contribution in [0.4, 0.5) is 11.4 Å². The van der Waals surface area contributed by atoms with Crippen LogP contribution >= 0.6 is 0 Å². The van der Waals surface area contributed by atoms with Gasteiger partial charge in [0.15, 0.2) is 6.61 Å². The molecule has 0 saturated heterocycles. The molecule has 0 aliphatic heterocycles. The van der Waals surface area contributed by atoms with Crippen molar-refractivity contribution in [2.45, 2.75) is 6.92 Å². The van der Waals surface area contributed by atoms with Gasteiger partial charge in [0, 0.05) is 29.3 Å². The fourth-order valence-electron chi connectivity index (χ4n) is 2.43. The molecule has 1 heterocycles. The lowest BCUT2D eigenvalue weighted by molar-refractivity contribution is -0.118. The molecule has 1 aromatic heterocycles. The number of aromatic nitrogens is 1. The number of ether oxygens (including phenoxy) is 1. The maximum absolute atomic E-state index is 12.2. The van der Waals surface area contributed by atoms with Crippen molar-refractivity contribution in [2.75, 3.05) is 17.2 Å². The van der Waals surface area contributed by atoms with Gasteiger partial charge >= 0.3 is 0 Å². The first-order valence-corrected chi connectivity index (χ1v) is 8.15. The van der Waals surface area contributed by atoms with E-state index in [0.717, 1.165) is 5.69 Å². The molecule has 0 atom stereocenters. The van der Waals surface area contributed by atoms with Crippen LogP contribution in [0.2, 0.25) is 0 Å². The number of hydrogen-bond acceptors (Lipinski definition) is 3. The molecule has 0 spiro atoms. The first kappa shape index (κ1) is 17.3. The molecular formula is C20H19N3O3. The molecule has 132 valence electrons. The van der Waals surface area contributed by atoms with Gasteiger partial charge < -0.3 is 20.4 Å². The van der Waals surface area contributed by atoms with Crippen molar-refractivity contribution in [1.82, 2.24) is 4.98 Å². The van der Waals surface area contributed by atoms with Gasteiger partial charge in [-0.25, -0.2) is 0 Å². The Hall–Kier alpha value is -3.54. The minimum absolute atomic E-state index is 0.122. The van der Waals surface area contributed by atoms with E-state index in [2.05, 4.69) is 15.6 Å². The lowest BCUT2D eigenvalue weighted by atomic mass is 10.2. The smallest absolute Gasteiger partial charge is 0.262 e. The Morgan fingerprint density at radius 3 is 2.46 bits per heavy atom. The number of carbonyl (C=O) groups is 2. The Labute approximate surface area is 151 Å². The number of rotatable bonds is 6. The van der Waals surface area contributed by atoms with Crippen molar-refractivity contribution < 1.29 is 14.3 Å². The number of aromatic amines is 1. The molecule has 0 aliphatic rings. The van der Waals surface area contributed by atoms with Gasteiger partial charge in [-0.3, -0.25) is 9.59 Å². The molecule has 0 saturated carbocycles. The summed E-state index contributed by atoms with van der Waals surface area (Å²) in [5.41, 5.74) is 2.69. The summed E-state index contributed by atoms with van der Waals surface area (Å²) >= 11 is 0. The Morgan fingerprint density at radius 1 is 0.962 bits per heavy atom. The van der Waals surface area contributed by atoms with E-state index in [9.17, 15) is 9.59 Å². The Balaban J connectivity index is 1.56. The van der Waals surface area contributed by atoms with Gasteiger partial charge in [-0.1, -0.05) is 24.3 Å². The van der Waals surface area contributed by atoms with Crippen molar-refractivity contribution in [1.29, 1.82) is 0 Å². The molecule has 0 aliphatic carbocycles. The van der Waals surface area contributed by atoms with Gasteiger partial charge in [-0.2, -0.15) is 0 Å². The second-order valence-electron chi connectivity index (χ2n) is 5.70. The minimum atomic E-state index is -0.256. The maximum Gasteiger partial charge on any atom is 0.262 e. The zero-order valence-electron chi connectivity index (χ0n) is 14.3. The summed E-state index contributed by atoms with van der Waals surface area (Å²) in [5.74, 6) is 0.0353. The minimum Gasteiger partial charge on any atom is -0.484 e. The van der Waals surface area contributed by atoms with Gasteiger partial charge in [0.05, 0.1) is 5.56 Å². The molecule has 3 aromatic rings. The highest BCUT2D eigenvalue weighted by Crippen LogP contribution is 2.19. The van der Waals surface area contributed by atoms with Crippen LogP contribution in [-0.4, -0.2) is 23.4 Å². The zero-order chi connectivity index (χ0) is 18.4. The number of anilines is 2. The lowest BCUT2D eigenvalue weighted by Gasteiger charge is -2.10. The zero-order valence-corrected chi connectivity index (χ0v) is 14.3. The number of amides is 2. The fourth-order valence-corrected chi connectivity index (χ4v) is 2.43.